The molecule has 0 saturated heterocycles. The van der Waals surface area contributed by atoms with Crippen molar-refractivity contribution >= 4 is 33.4 Å². The Balaban J connectivity index is 2.33. The van der Waals surface area contributed by atoms with Crippen molar-refractivity contribution in [2.24, 2.45) is 5.73 Å². The van der Waals surface area contributed by atoms with E-state index in [1.54, 1.807) is 0 Å². The maximum absolute atomic E-state index is 13.1. The molecule has 2 N–H and O–H groups in total. The van der Waals surface area contributed by atoms with Gasteiger partial charge in [-0.3, -0.25) is 4.79 Å². The summed E-state index contributed by atoms with van der Waals surface area (Å²) in [5.41, 5.74) is 5.41. The van der Waals surface area contributed by atoms with Crippen LogP contribution in [0, 0.1) is 5.82 Å². The molecule has 0 unspecified atom stereocenters. The normalized spacial score (nSPS) is 10.3. The standard InChI is InChI=1S/C13H8BrClFNO2/c14-9-3-2-8(16)6-12(9)19-11-4-1-7(13(17)18)5-10(11)15/h1-6H,(H2,17,18). The van der Waals surface area contributed by atoms with Crippen molar-refractivity contribution in [1.29, 1.82) is 0 Å². The fourth-order valence-electron chi connectivity index (χ4n) is 1.41. The molecular weight excluding hydrogens is 337 g/mol. The summed E-state index contributed by atoms with van der Waals surface area (Å²) in [4.78, 5) is 11.0. The van der Waals surface area contributed by atoms with E-state index in [1.807, 2.05) is 0 Å². The molecule has 0 aromatic heterocycles. The van der Waals surface area contributed by atoms with Crippen molar-refractivity contribution in [3.63, 3.8) is 0 Å². The highest BCUT2D eigenvalue weighted by Crippen LogP contribution is 2.34. The highest BCUT2D eigenvalue weighted by Gasteiger charge is 2.10. The Morgan fingerprint density at radius 3 is 2.58 bits per heavy atom. The van der Waals surface area contributed by atoms with Crippen LogP contribution in [0.25, 0.3) is 0 Å². The second kappa shape index (κ2) is 5.59. The van der Waals surface area contributed by atoms with Crippen LogP contribution in [0.1, 0.15) is 10.4 Å². The fraction of sp³-hybridized carbons (Fsp3) is 0. The first-order chi connectivity index (χ1) is 8.97. The van der Waals surface area contributed by atoms with E-state index < -0.39 is 11.7 Å². The van der Waals surface area contributed by atoms with Gasteiger partial charge in [0.1, 0.15) is 17.3 Å². The first kappa shape index (κ1) is 13.8. The third-order valence-corrected chi connectivity index (χ3v) is 3.28. The van der Waals surface area contributed by atoms with Gasteiger partial charge in [0, 0.05) is 11.6 Å². The summed E-state index contributed by atoms with van der Waals surface area (Å²) in [7, 11) is 0. The lowest BCUT2D eigenvalue weighted by atomic mass is 10.2. The molecule has 2 aromatic rings. The van der Waals surface area contributed by atoms with E-state index in [1.165, 1.54) is 36.4 Å². The van der Waals surface area contributed by atoms with Crippen molar-refractivity contribution in [2.75, 3.05) is 0 Å². The van der Waals surface area contributed by atoms with Crippen LogP contribution in [0.2, 0.25) is 5.02 Å². The zero-order valence-electron chi connectivity index (χ0n) is 9.49. The third-order valence-electron chi connectivity index (χ3n) is 2.33. The summed E-state index contributed by atoms with van der Waals surface area (Å²) in [6.45, 7) is 0. The van der Waals surface area contributed by atoms with Crippen LogP contribution >= 0.6 is 27.5 Å². The Labute approximate surface area is 122 Å². The van der Waals surface area contributed by atoms with Crippen molar-refractivity contribution in [3.8, 4) is 11.5 Å². The van der Waals surface area contributed by atoms with E-state index in [9.17, 15) is 9.18 Å². The quantitative estimate of drug-likeness (QED) is 0.910. The van der Waals surface area contributed by atoms with E-state index in [0.29, 0.717) is 10.2 Å². The number of halogens is 3. The Bertz CT molecular complexity index is 649. The number of primary amides is 1. The molecular formula is C13H8BrClFNO2. The van der Waals surface area contributed by atoms with Gasteiger partial charge in [0.25, 0.3) is 0 Å². The average Bonchev–Trinajstić information content (AvgIpc) is 2.36. The van der Waals surface area contributed by atoms with Gasteiger partial charge in [-0.2, -0.15) is 0 Å². The lowest BCUT2D eigenvalue weighted by Gasteiger charge is -2.10. The molecule has 2 rings (SSSR count). The van der Waals surface area contributed by atoms with Crippen LogP contribution in [-0.2, 0) is 0 Å². The Morgan fingerprint density at radius 2 is 1.95 bits per heavy atom. The van der Waals surface area contributed by atoms with E-state index in [2.05, 4.69) is 15.9 Å². The number of rotatable bonds is 3. The van der Waals surface area contributed by atoms with Gasteiger partial charge in [0.05, 0.1) is 9.50 Å². The SMILES string of the molecule is NC(=O)c1ccc(Oc2cc(F)ccc2Br)c(Cl)c1. The van der Waals surface area contributed by atoms with Gasteiger partial charge in [0.2, 0.25) is 5.91 Å². The molecule has 0 atom stereocenters. The highest BCUT2D eigenvalue weighted by molar-refractivity contribution is 9.10. The lowest BCUT2D eigenvalue weighted by Crippen LogP contribution is -2.10. The first-order valence-corrected chi connectivity index (χ1v) is 6.37. The molecule has 98 valence electrons. The number of carbonyl (C=O) groups is 1. The lowest BCUT2D eigenvalue weighted by molar-refractivity contribution is 0.100. The molecule has 6 heteroatoms. The number of benzene rings is 2. The van der Waals surface area contributed by atoms with Gasteiger partial charge in [0.15, 0.2) is 0 Å². The third kappa shape index (κ3) is 3.24. The number of amides is 1. The minimum Gasteiger partial charge on any atom is -0.455 e. The summed E-state index contributed by atoms with van der Waals surface area (Å²) in [5.74, 6) is -0.421. The molecule has 2 aromatic carbocycles. The minimum atomic E-state index is -0.583. The van der Waals surface area contributed by atoms with Gasteiger partial charge >= 0.3 is 0 Å². The summed E-state index contributed by atoms with van der Waals surface area (Å²) in [6.07, 6.45) is 0. The highest BCUT2D eigenvalue weighted by atomic mass is 79.9. The molecule has 1 amide bonds. The van der Waals surface area contributed by atoms with Gasteiger partial charge < -0.3 is 10.5 Å². The van der Waals surface area contributed by atoms with E-state index in [4.69, 9.17) is 22.1 Å². The maximum atomic E-state index is 13.1. The zero-order chi connectivity index (χ0) is 14.0. The molecule has 0 radical (unpaired) electrons. The summed E-state index contributed by atoms with van der Waals surface area (Å²) in [6, 6.07) is 8.43. The molecule has 0 saturated carbocycles. The average molecular weight is 345 g/mol. The number of ether oxygens (including phenoxy) is 1. The van der Waals surface area contributed by atoms with Crippen LogP contribution in [0.3, 0.4) is 0 Å². The number of nitrogens with two attached hydrogens (primary N) is 1. The van der Waals surface area contributed by atoms with Gasteiger partial charge in [-0.15, -0.1) is 0 Å². The molecule has 0 bridgehead atoms. The van der Waals surface area contributed by atoms with E-state index in [0.717, 1.165) is 0 Å². The predicted octanol–water partition coefficient (Wildman–Crippen LogP) is 4.13. The number of hydrogen-bond acceptors (Lipinski definition) is 2. The van der Waals surface area contributed by atoms with Crippen LogP contribution in [0.5, 0.6) is 11.5 Å². The van der Waals surface area contributed by atoms with Gasteiger partial charge in [-0.25, -0.2) is 4.39 Å². The van der Waals surface area contributed by atoms with Crippen molar-refractivity contribution < 1.29 is 13.9 Å². The predicted molar refractivity (Wildman–Crippen MR) is 74.1 cm³/mol. The van der Waals surface area contributed by atoms with Crippen LogP contribution in [-0.4, -0.2) is 5.91 Å². The first-order valence-electron chi connectivity index (χ1n) is 5.19. The smallest absolute Gasteiger partial charge is 0.248 e. The minimum absolute atomic E-state index is 0.215. The van der Waals surface area contributed by atoms with Crippen molar-refractivity contribution in [3.05, 3.63) is 57.3 Å². The Kier molecular flexibility index (Phi) is 4.07. The van der Waals surface area contributed by atoms with Gasteiger partial charge in [-0.05, 0) is 46.3 Å². The Morgan fingerprint density at radius 1 is 1.21 bits per heavy atom. The monoisotopic (exact) mass is 343 g/mol. The molecule has 0 aliphatic rings. The molecule has 0 heterocycles. The van der Waals surface area contributed by atoms with Crippen molar-refractivity contribution in [1.82, 2.24) is 0 Å². The molecule has 3 nitrogen and oxygen atoms in total. The second-order valence-corrected chi connectivity index (χ2v) is 4.95. The molecule has 0 aliphatic heterocycles. The van der Waals surface area contributed by atoms with Crippen LogP contribution < -0.4 is 10.5 Å². The van der Waals surface area contributed by atoms with Crippen molar-refractivity contribution in [2.45, 2.75) is 0 Å². The topological polar surface area (TPSA) is 52.3 Å². The zero-order valence-corrected chi connectivity index (χ0v) is 11.8. The Hall–Kier alpha value is -1.59. The number of hydrogen-bond donors (Lipinski definition) is 1. The van der Waals surface area contributed by atoms with E-state index in [-0.39, 0.29) is 16.3 Å². The van der Waals surface area contributed by atoms with Gasteiger partial charge in [-0.1, -0.05) is 11.6 Å². The molecule has 0 spiro atoms. The number of carbonyl (C=O) groups excluding carboxylic acids is 1. The summed E-state index contributed by atoms with van der Waals surface area (Å²) in [5, 5.41) is 0.215. The largest absolute Gasteiger partial charge is 0.455 e. The maximum Gasteiger partial charge on any atom is 0.248 e. The van der Waals surface area contributed by atoms with Crippen LogP contribution in [0.4, 0.5) is 4.39 Å². The second-order valence-electron chi connectivity index (χ2n) is 3.69. The van der Waals surface area contributed by atoms with E-state index >= 15 is 0 Å². The molecule has 0 aliphatic carbocycles. The fourth-order valence-corrected chi connectivity index (χ4v) is 1.96. The molecule has 0 fully saturated rings. The molecule has 19 heavy (non-hydrogen) atoms. The summed E-state index contributed by atoms with van der Waals surface area (Å²) < 4.78 is 19.2. The van der Waals surface area contributed by atoms with Crippen LogP contribution in [0.15, 0.2) is 40.9 Å². The summed E-state index contributed by atoms with van der Waals surface area (Å²) >= 11 is 9.21.